The summed E-state index contributed by atoms with van der Waals surface area (Å²) >= 11 is 0. The number of likely N-dealkylation sites (tertiary alicyclic amines) is 1. The van der Waals surface area contributed by atoms with E-state index in [9.17, 15) is 14.7 Å². The Morgan fingerprint density at radius 2 is 1.74 bits per heavy atom. The zero-order valence-corrected chi connectivity index (χ0v) is 19.6. The van der Waals surface area contributed by atoms with Crippen LogP contribution in [0.3, 0.4) is 0 Å². The number of hydrogen-bond acceptors (Lipinski definition) is 5. The number of pyridine rings is 1. The number of carbonyl (C=O) groups is 2. The largest absolute Gasteiger partial charge is 0.390 e. The molecule has 3 aliphatic rings. The molecule has 1 aromatic heterocycles. The SMILES string of the molecule is O=C(c1ccc(N2CCN(CC(O)CN3CCc4ccccc4C3)C2=O)nc1)N1CCCCC1. The van der Waals surface area contributed by atoms with Gasteiger partial charge in [-0.25, -0.2) is 9.78 Å². The van der Waals surface area contributed by atoms with E-state index < -0.39 is 6.10 Å². The topological polar surface area (TPSA) is 80.2 Å². The van der Waals surface area contributed by atoms with Crippen LogP contribution in [0.25, 0.3) is 0 Å². The summed E-state index contributed by atoms with van der Waals surface area (Å²) in [4.78, 5) is 37.5. The minimum Gasteiger partial charge on any atom is -0.390 e. The number of piperidine rings is 1. The minimum absolute atomic E-state index is 0.0107. The molecule has 0 radical (unpaired) electrons. The van der Waals surface area contributed by atoms with Gasteiger partial charge in [-0.05, 0) is 48.9 Å². The molecule has 8 heteroatoms. The predicted molar refractivity (Wildman–Crippen MR) is 130 cm³/mol. The van der Waals surface area contributed by atoms with Crippen molar-refractivity contribution in [3.05, 3.63) is 59.3 Å². The molecule has 1 unspecified atom stereocenters. The highest BCUT2D eigenvalue weighted by atomic mass is 16.3. The van der Waals surface area contributed by atoms with Gasteiger partial charge in [-0.15, -0.1) is 0 Å². The molecule has 2 aromatic rings. The Bertz CT molecular complexity index is 1020. The van der Waals surface area contributed by atoms with Crippen LogP contribution in [0.1, 0.15) is 40.7 Å². The van der Waals surface area contributed by atoms with E-state index in [0.29, 0.717) is 37.6 Å². The lowest BCUT2D eigenvalue weighted by molar-refractivity contribution is 0.0724. The van der Waals surface area contributed by atoms with Gasteiger partial charge in [0.15, 0.2) is 0 Å². The Hall–Kier alpha value is -2.97. The normalized spacial score (nSPS) is 19.9. The lowest BCUT2D eigenvalue weighted by Gasteiger charge is -2.31. The number of urea groups is 1. The minimum atomic E-state index is -0.605. The van der Waals surface area contributed by atoms with Crippen molar-refractivity contribution in [2.75, 3.05) is 50.7 Å². The third-order valence-electron chi connectivity index (χ3n) is 7.12. The van der Waals surface area contributed by atoms with E-state index >= 15 is 0 Å². The number of carbonyl (C=O) groups excluding carboxylic acids is 2. The van der Waals surface area contributed by atoms with Crippen LogP contribution < -0.4 is 4.90 Å². The van der Waals surface area contributed by atoms with Crippen molar-refractivity contribution in [2.24, 2.45) is 0 Å². The third kappa shape index (κ3) is 4.93. The van der Waals surface area contributed by atoms with Crippen LogP contribution >= 0.6 is 0 Å². The number of anilines is 1. The van der Waals surface area contributed by atoms with E-state index in [4.69, 9.17) is 0 Å². The maximum absolute atomic E-state index is 13.0. The summed E-state index contributed by atoms with van der Waals surface area (Å²) in [5, 5.41) is 10.7. The van der Waals surface area contributed by atoms with E-state index in [1.807, 2.05) is 4.90 Å². The molecule has 34 heavy (non-hydrogen) atoms. The zero-order valence-electron chi connectivity index (χ0n) is 19.6. The molecule has 1 aromatic carbocycles. The molecular formula is C26H33N5O3. The van der Waals surface area contributed by atoms with Crippen LogP contribution in [-0.2, 0) is 13.0 Å². The molecule has 1 N–H and O–H groups in total. The van der Waals surface area contributed by atoms with Gasteiger partial charge in [0.1, 0.15) is 5.82 Å². The van der Waals surface area contributed by atoms with Crippen molar-refractivity contribution >= 4 is 17.8 Å². The van der Waals surface area contributed by atoms with E-state index in [1.165, 1.54) is 17.5 Å². The van der Waals surface area contributed by atoms with Crippen LogP contribution in [0.5, 0.6) is 0 Å². The van der Waals surface area contributed by atoms with Crippen molar-refractivity contribution in [3.63, 3.8) is 0 Å². The molecule has 0 spiro atoms. The number of amides is 3. The Morgan fingerprint density at radius 3 is 2.50 bits per heavy atom. The maximum atomic E-state index is 13.0. The van der Waals surface area contributed by atoms with Gasteiger partial charge >= 0.3 is 6.03 Å². The number of aliphatic hydroxyl groups excluding tert-OH is 1. The standard InChI is InChI=1S/C26H33N5O3/c32-23(18-28-13-10-20-6-2-3-7-22(20)17-28)19-30-14-15-31(26(30)34)24-9-8-21(16-27-24)25(33)29-11-4-1-5-12-29/h2-3,6-9,16,23,32H,1,4-5,10-15,17-19H2. The second-order valence-electron chi connectivity index (χ2n) is 9.55. The number of β-amino-alcohol motifs (C(OH)–C–C–N with tert-alkyl or cyclic N) is 1. The smallest absolute Gasteiger partial charge is 0.325 e. The fourth-order valence-corrected chi connectivity index (χ4v) is 5.24. The molecular weight excluding hydrogens is 430 g/mol. The van der Waals surface area contributed by atoms with Crippen molar-refractivity contribution in [2.45, 2.75) is 38.3 Å². The quantitative estimate of drug-likeness (QED) is 0.712. The average Bonchev–Trinajstić information content (AvgIpc) is 3.23. The number of rotatable bonds is 6. The Labute approximate surface area is 200 Å². The van der Waals surface area contributed by atoms with Gasteiger partial charge in [-0.3, -0.25) is 14.6 Å². The number of benzene rings is 1. The van der Waals surface area contributed by atoms with Crippen LogP contribution in [-0.4, -0.2) is 88.6 Å². The number of nitrogens with zero attached hydrogens (tertiary/aromatic N) is 5. The van der Waals surface area contributed by atoms with Crippen LogP contribution in [0.4, 0.5) is 10.6 Å². The molecule has 0 bridgehead atoms. The second kappa shape index (κ2) is 10.1. The molecule has 3 amide bonds. The summed E-state index contributed by atoms with van der Waals surface area (Å²) in [5.41, 5.74) is 3.26. The molecule has 3 aliphatic heterocycles. The van der Waals surface area contributed by atoms with Crippen LogP contribution in [0.2, 0.25) is 0 Å². The Balaban J connectivity index is 1.14. The highest BCUT2D eigenvalue weighted by Gasteiger charge is 2.32. The first kappa shape index (κ1) is 22.8. The Kier molecular flexibility index (Phi) is 6.78. The van der Waals surface area contributed by atoms with Crippen molar-refractivity contribution in [1.29, 1.82) is 0 Å². The molecule has 1 atom stereocenters. The fraction of sp³-hybridized carbons (Fsp3) is 0.500. The average molecular weight is 464 g/mol. The zero-order chi connectivity index (χ0) is 23.5. The summed E-state index contributed by atoms with van der Waals surface area (Å²) in [6.45, 7) is 5.27. The fourth-order valence-electron chi connectivity index (χ4n) is 5.24. The predicted octanol–water partition coefficient (Wildman–Crippen LogP) is 2.37. The van der Waals surface area contributed by atoms with Gasteiger partial charge in [0, 0.05) is 58.6 Å². The molecule has 4 heterocycles. The van der Waals surface area contributed by atoms with Crippen molar-refractivity contribution < 1.29 is 14.7 Å². The van der Waals surface area contributed by atoms with Crippen molar-refractivity contribution in [1.82, 2.24) is 19.7 Å². The van der Waals surface area contributed by atoms with Crippen molar-refractivity contribution in [3.8, 4) is 0 Å². The number of fused-ring (bicyclic) bond motifs is 1. The van der Waals surface area contributed by atoms with Gasteiger partial charge in [0.05, 0.1) is 11.7 Å². The third-order valence-corrected chi connectivity index (χ3v) is 7.12. The van der Waals surface area contributed by atoms with Gasteiger partial charge in [-0.2, -0.15) is 0 Å². The van der Waals surface area contributed by atoms with Gasteiger partial charge in [-0.1, -0.05) is 24.3 Å². The molecule has 0 saturated carbocycles. The van der Waals surface area contributed by atoms with Gasteiger partial charge < -0.3 is 14.9 Å². The van der Waals surface area contributed by atoms with Gasteiger partial charge in [0.2, 0.25) is 0 Å². The first-order valence-electron chi connectivity index (χ1n) is 12.4. The van der Waals surface area contributed by atoms with Crippen LogP contribution in [0.15, 0.2) is 42.6 Å². The molecule has 0 aliphatic carbocycles. The Morgan fingerprint density at radius 1 is 0.941 bits per heavy atom. The molecule has 5 rings (SSSR count). The summed E-state index contributed by atoms with van der Waals surface area (Å²) in [6, 6.07) is 11.8. The lowest BCUT2D eigenvalue weighted by atomic mass is 10.00. The summed E-state index contributed by atoms with van der Waals surface area (Å²) in [6.07, 6.45) is 5.23. The summed E-state index contributed by atoms with van der Waals surface area (Å²) in [7, 11) is 0. The number of aromatic nitrogens is 1. The lowest BCUT2D eigenvalue weighted by Crippen LogP contribution is -2.43. The maximum Gasteiger partial charge on any atom is 0.325 e. The summed E-state index contributed by atoms with van der Waals surface area (Å²) < 4.78 is 0. The molecule has 180 valence electrons. The first-order chi connectivity index (χ1) is 16.6. The van der Waals surface area contributed by atoms with Gasteiger partial charge in [0.25, 0.3) is 5.91 Å². The van der Waals surface area contributed by atoms with E-state index in [-0.39, 0.29) is 11.9 Å². The number of hydrogen-bond donors (Lipinski definition) is 1. The monoisotopic (exact) mass is 463 g/mol. The van der Waals surface area contributed by atoms with E-state index in [0.717, 1.165) is 45.4 Å². The highest BCUT2D eigenvalue weighted by Crippen LogP contribution is 2.21. The molecule has 2 fully saturated rings. The molecule has 8 nitrogen and oxygen atoms in total. The van der Waals surface area contributed by atoms with E-state index in [2.05, 4.69) is 34.1 Å². The van der Waals surface area contributed by atoms with Crippen LogP contribution in [0, 0.1) is 0 Å². The first-order valence-corrected chi connectivity index (χ1v) is 12.4. The second-order valence-corrected chi connectivity index (χ2v) is 9.55. The van der Waals surface area contributed by atoms with E-state index in [1.54, 1.807) is 28.1 Å². The summed E-state index contributed by atoms with van der Waals surface area (Å²) in [5.74, 6) is 0.557. The number of aliphatic hydroxyl groups is 1. The molecule has 2 saturated heterocycles. The highest BCUT2D eigenvalue weighted by molar-refractivity contribution is 5.96.